The van der Waals surface area contributed by atoms with E-state index in [0.717, 1.165) is 5.69 Å². The zero-order chi connectivity index (χ0) is 17.8. The van der Waals surface area contributed by atoms with E-state index in [4.69, 9.17) is 9.47 Å². The zero-order valence-corrected chi connectivity index (χ0v) is 14.7. The van der Waals surface area contributed by atoms with Gasteiger partial charge in [-0.05, 0) is 38.1 Å². The molecule has 0 aliphatic carbocycles. The van der Waals surface area contributed by atoms with Gasteiger partial charge in [0, 0.05) is 19.3 Å². The van der Waals surface area contributed by atoms with Gasteiger partial charge in [0.1, 0.15) is 11.6 Å². The highest BCUT2D eigenvalue weighted by atomic mass is 16.5. The third-order valence-corrected chi connectivity index (χ3v) is 4.10. The van der Waals surface area contributed by atoms with Gasteiger partial charge in [0.15, 0.2) is 0 Å². The summed E-state index contributed by atoms with van der Waals surface area (Å²) in [4.78, 5) is 19.2. The molecule has 1 amide bonds. The first-order chi connectivity index (χ1) is 12.1. The molecule has 2 atom stereocenters. The Kier molecular flexibility index (Phi) is 5.19. The summed E-state index contributed by atoms with van der Waals surface area (Å²) in [5, 5.41) is 3.22. The van der Waals surface area contributed by atoms with Crippen molar-refractivity contribution in [3.63, 3.8) is 0 Å². The van der Waals surface area contributed by atoms with Gasteiger partial charge in [-0.3, -0.25) is 4.79 Å². The molecule has 1 aromatic heterocycles. The lowest BCUT2D eigenvalue weighted by Gasteiger charge is -2.35. The zero-order valence-electron chi connectivity index (χ0n) is 14.7. The normalized spacial score (nSPS) is 20.2. The van der Waals surface area contributed by atoms with Crippen LogP contribution in [0.5, 0.6) is 5.75 Å². The first kappa shape index (κ1) is 17.2. The van der Waals surface area contributed by atoms with Gasteiger partial charge in [-0.15, -0.1) is 0 Å². The predicted octanol–water partition coefficient (Wildman–Crippen LogP) is 3.08. The molecule has 1 aliphatic heterocycles. The van der Waals surface area contributed by atoms with Crippen LogP contribution in [0, 0.1) is 0 Å². The topological polar surface area (TPSA) is 63.7 Å². The summed E-state index contributed by atoms with van der Waals surface area (Å²) in [6.45, 7) is 5.11. The molecule has 2 heterocycles. The minimum atomic E-state index is -0.0486. The van der Waals surface area contributed by atoms with Crippen molar-refractivity contribution in [2.24, 2.45) is 0 Å². The third kappa shape index (κ3) is 3.91. The van der Waals surface area contributed by atoms with Crippen molar-refractivity contribution in [2.75, 3.05) is 25.5 Å². The predicted molar refractivity (Wildman–Crippen MR) is 96.4 cm³/mol. The Morgan fingerprint density at radius 1 is 1.20 bits per heavy atom. The quantitative estimate of drug-likeness (QED) is 0.926. The number of aromatic nitrogens is 1. The number of carbonyl (C=O) groups excluding carboxylic acids is 1. The van der Waals surface area contributed by atoms with Gasteiger partial charge in [-0.1, -0.05) is 12.1 Å². The molecule has 3 rings (SSSR count). The number of methoxy groups -OCH3 is 1. The van der Waals surface area contributed by atoms with Crippen LogP contribution in [0.3, 0.4) is 0 Å². The highest BCUT2D eigenvalue weighted by Crippen LogP contribution is 2.28. The van der Waals surface area contributed by atoms with E-state index in [1.807, 2.05) is 43.0 Å². The molecule has 1 fully saturated rings. The average Bonchev–Trinajstić information content (AvgIpc) is 2.61. The van der Waals surface area contributed by atoms with Crippen molar-refractivity contribution in [3.05, 3.63) is 48.2 Å². The van der Waals surface area contributed by atoms with Crippen LogP contribution in [-0.4, -0.2) is 48.2 Å². The Hall–Kier alpha value is -2.60. The number of hydrogen-bond donors (Lipinski definition) is 1. The second kappa shape index (κ2) is 7.53. The van der Waals surface area contributed by atoms with E-state index in [-0.39, 0.29) is 18.1 Å². The number of ether oxygens (including phenoxy) is 2. The molecule has 0 saturated carbocycles. The van der Waals surface area contributed by atoms with E-state index in [2.05, 4.69) is 10.3 Å². The molecule has 0 radical (unpaired) electrons. The summed E-state index contributed by atoms with van der Waals surface area (Å²) in [5.41, 5.74) is 1.30. The van der Waals surface area contributed by atoms with Crippen LogP contribution in [0.15, 0.2) is 42.6 Å². The maximum absolute atomic E-state index is 13.0. The lowest BCUT2D eigenvalue weighted by molar-refractivity contribution is -0.0586. The summed E-state index contributed by atoms with van der Waals surface area (Å²) in [5.74, 6) is 1.16. The van der Waals surface area contributed by atoms with Crippen molar-refractivity contribution < 1.29 is 14.3 Å². The molecule has 1 aromatic carbocycles. The van der Waals surface area contributed by atoms with Crippen LogP contribution in [0.1, 0.15) is 24.2 Å². The molecule has 0 bridgehead atoms. The number of morpholine rings is 1. The standard InChI is InChI=1S/C19H23N3O3/c1-13-11-22(12-14(2)25-13)19(23)15-7-6-10-20-18(15)21-16-8-4-5-9-17(16)24-3/h4-10,13-14H,11-12H2,1-3H3,(H,20,21)/t13-,14-/m0/s1. The second-order valence-electron chi connectivity index (χ2n) is 6.19. The van der Waals surface area contributed by atoms with Crippen LogP contribution in [-0.2, 0) is 4.74 Å². The van der Waals surface area contributed by atoms with Crippen LogP contribution >= 0.6 is 0 Å². The number of carbonyl (C=O) groups is 1. The van der Waals surface area contributed by atoms with Gasteiger partial charge in [-0.2, -0.15) is 0 Å². The van der Waals surface area contributed by atoms with Gasteiger partial charge < -0.3 is 19.7 Å². The summed E-state index contributed by atoms with van der Waals surface area (Å²) in [6, 6.07) is 11.1. The Balaban J connectivity index is 1.87. The average molecular weight is 341 g/mol. The van der Waals surface area contributed by atoms with E-state index < -0.39 is 0 Å². The Morgan fingerprint density at radius 2 is 1.92 bits per heavy atom. The van der Waals surface area contributed by atoms with Crippen molar-refractivity contribution >= 4 is 17.4 Å². The number of nitrogens with zero attached hydrogens (tertiary/aromatic N) is 2. The van der Waals surface area contributed by atoms with E-state index in [1.54, 1.807) is 25.4 Å². The molecule has 1 N–H and O–H groups in total. The fourth-order valence-electron chi connectivity index (χ4n) is 3.07. The monoisotopic (exact) mass is 341 g/mol. The van der Waals surface area contributed by atoms with Gasteiger partial charge in [0.2, 0.25) is 0 Å². The lowest BCUT2D eigenvalue weighted by atomic mass is 10.1. The van der Waals surface area contributed by atoms with E-state index in [1.165, 1.54) is 0 Å². The number of rotatable bonds is 4. The number of amides is 1. The maximum Gasteiger partial charge on any atom is 0.257 e. The van der Waals surface area contributed by atoms with Crippen LogP contribution in [0.4, 0.5) is 11.5 Å². The van der Waals surface area contributed by atoms with Gasteiger partial charge in [-0.25, -0.2) is 4.98 Å². The van der Waals surface area contributed by atoms with E-state index >= 15 is 0 Å². The van der Waals surface area contributed by atoms with Crippen LogP contribution in [0.2, 0.25) is 0 Å². The first-order valence-electron chi connectivity index (χ1n) is 8.38. The molecule has 1 saturated heterocycles. The Labute approximate surface area is 147 Å². The van der Waals surface area contributed by atoms with Crippen LogP contribution < -0.4 is 10.1 Å². The number of anilines is 2. The lowest BCUT2D eigenvalue weighted by Crippen LogP contribution is -2.48. The second-order valence-corrected chi connectivity index (χ2v) is 6.19. The summed E-state index contributed by atoms with van der Waals surface area (Å²) >= 11 is 0. The smallest absolute Gasteiger partial charge is 0.257 e. The number of hydrogen-bond acceptors (Lipinski definition) is 5. The highest BCUT2D eigenvalue weighted by molar-refractivity contribution is 5.99. The number of nitrogens with one attached hydrogen (secondary N) is 1. The molecule has 6 heteroatoms. The fourth-order valence-corrected chi connectivity index (χ4v) is 3.07. The number of pyridine rings is 1. The maximum atomic E-state index is 13.0. The number of para-hydroxylation sites is 2. The summed E-state index contributed by atoms with van der Waals surface area (Å²) in [6.07, 6.45) is 1.71. The molecular weight excluding hydrogens is 318 g/mol. The molecule has 6 nitrogen and oxygen atoms in total. The molecule has 0 spiro atoms. The van der Waals surface area contributed by atoms with Gasteiger partial charge >= 0.3 is 0 Å². The SMILES string of the molecule is COc1ccccc1Nc1ncccc1C(=O)N1C[C@H](C)O[C@@H](C)C1. The minimum absolute atomic E-state index is 0.0231. The minimum Gasteiger partial charge on any atom is -0.495 e. The van der Waals surface area contributed by atoms with Gasteiger partial charge in [0.05, 0.1) is 30.6 Å². The van der Waals surface area contributed by atoms with Crippen molar-refractivity contribution in [3.8, 4) is 5.75 Å². The first-order valence-corrected chi connectivity index (χ1v) is 8.38. The highest BCUT2D eigenvalue weighted by Gasteiger charge is 2.28. The molecule has 2 aromatic rings. The van der Waals surface area contributed by atoms with E-state index in [9.17, 15) is 4.79 Å². The van der Waals surface area contributed by atoms with Crippen molar-refractivity contribution in [2.45, 2.75) is 26.1 Å². The molecule has 0 unspecified atom stereocenters. The fraction of sp³-hybridized carbons (Fsp3) is 0.368. The van der Waals surface area contributed by atoms with Crippen LogP contribution in [0.25, 0.3) is 0 Å². The Morgan fingerprint density at radius 3 is 2.64 bits per heavy atom. The van der Waals surface area contributed by atoms with Crippen molar-refractivity contribution in [1.82, 2.24) is 9.88 Å². The summed E-state index contributed by atoms with van der Waals surface area (Å²) < 4.78 is 11.1. The van der Waals surface area contributed by atoms with Crippen molar-refractivity contribution in [1.29, 1.82) is 0 Å². The molecule has 25 heavy (non-hydrogen) atoms. The summed E-state index contributed by atoms with van der Waals surface area (Å²) in [7, 11) is 1.61. The largest absolute Gasteiger partial charge is 0.495 e. The third-order valence-electron chi connectivity index (χ3n) is 4.10. The molecular formula is C19H23N3O3. The van der Waals surface area contributed by atoms with Gasteiger partial charge in [0.25, 0.3) is 5.91 Å². The number of benzene rings is 1. The van der Waals surface area contributed by atoms with E-state index in [0.29, 0.717) is 30.2 Å². The molecule has 1 aliphatic rings. The molecule has 132 valence electrons. The Bertz CT molecular complexity index is 740.